The molecule has 122 valence electrons. The first-order valence-corrected chi connectivity index (χ1v) is 8.54. The molecule has 0 fully saturated rings. The molecule has 0 radical (unpaired) electrons. The van der Waals surface area contributed by atoms with E-state index in [1.165, 1.54) is 12.1 Å². The van der Waals surface area contributed by atoms with E-state index < -0.39 is 20.6 Å². The zero-order valence-corrected chi connectivity index (χ0v) is 13.7. The minimum atomic E-state index is -3.94. The van der Waals surface area contributed by atoms with Crippen molar-refractivity contribution in [3.8, 4) is 6.07 Å². The van der Waals surface area contributed by atoms with Crippen molar-refractivity contribution >= 4 is 21.4 Å². The van der Waals surface area contributed by atoms with Crippen LogP contribution in [-0.4, -0.2) is 23.7 Å². The first kappa shape index (κ1) is 15.9. The molecule has 2 aromatic rings. The molecule has 1 aromatic carbocycles. The zero-order chi connectivity index (χ0) is 17.5. The van der Waals surface area contributed by atoms with Gasteiger partial charge in [-0.15, -0.1) is 10.2 Å². The second-order valence-electron chi connectivity index (χ2n) is 5.45. The van der Waals surface area contributed by atoms with E-state index in [1.807, 2.05) is 19.9 Å². The molecule has 3 rings (SSSR count). The molecule has 0 aliphatic carbocycles. The highest BCUT2D eigenvalue weighted by atomic mass is 32.2. The van der Waals surface area contributed by atoms with Crippen molar-refractivity contribution in [3.05, 3.63) is 46.1 Å². The summed E-state index contributed by atoms with van der Waals surface area (Å²) in [5, 5.41) is 32.8. The number of azo groups is 1. The lowest BCUT2D eigenvalue weighted by molar-refractivity contribution is 0.508. The van der Waals surface area contributed by atoms with E-state index in [9.17, 15) is 18.8 Å². The molecule has 0 bridgehead atoms. The Morgan fingerprint density at radius 3 is 2.62 bits per heavy atom. The number of aliphatic hydroxyl groups is 1. The van der Waals surface area contributed by atoms with Crippen LogP contribution in [0, 0.1) is 11.3 Å². The number of hydrogen-bond donors (Lipinski definition) is 2. The molecule has 1 aliphatic rings. The topological polar surface area (TPSA) is 132 Å². The van der Waals surface area contributed by atoms with Gasteiger partial charge in [-0.25, -0.2) is 8.42 Å². The van der Waals surface area contributed by atoms with Crippen molar-refractivity contribution in [3.63, 3.8) is 0 Å². The summed E-state index contributed by atoms with van der Waals surface area (Å²) in [6.45, 7) is 3.73. The highest BCUT2D eigenvalue weighted by Crippen LogP contribution is 2.38. The van der Waals surface area contributed by atoms with E-state index in [0.717, 1.165) is 0 Å². The van der Waals surface area contributed by atoms with Crippen molar-refractivity contribution in [2.24, 2.45) is 10.2 Å². The van der Waals surface area contributed by atoms with Crippen LogP contribution >= 0.6 is 0 Å². The van der Waals surface area contributed by atoms with Crippen LogP contribution in [0.5, 0.6) is 0 Å². The molecule has 0 spiro atoms. The molecule has 0 saturated heterocycles. The quantitative estimate of drug-likeness (QED) is 0.826. The predicted octanol–water partition coefficient (Wildman–Crippen LogP) is 3.16. The summed E-state index contributed by atoms with van der Waals surface area (Å²) in [5.41, 5.74) is 0.892. The monoisotopic (exact) mass is 343 g/mol. The molecular formula is C15H13N5O3S. The number of sulfone groups is 1. The van der Waals surface area contributed by atoms with Gasteiger partial charge in [0.25, 0.3) is 0 Å². The normalized spacial score (nSPS) is 15.9. The van der Waals surface area contributed by atoms with Gasteiger partial charge in [0.05, 0.1) is 10.6 Å². The van der Waals surface area contributed by atoms with Crippen LogP contribution in [0.4, 0.5) is 5.82 Å². The van der Waals surface area contributed by atoms with Gasteiger partial charge in [0.15, 0.2) is 11.6 Å². The summed E-state index contributed by atoms with van der Waals surface area (Å²) in [6.07, 6.45) is 0. The Bertz CT molecular complexity index is 1030. The second kappa shape index (κ2) is 5.58. The summed E-state index contributed by atoms with van der Waals surface area (Å²) in [6, 6.07) is 8.02. The van der Waals surface area contributed by atoms with Gasteiger partial charge in [0, 0.05) is 5.56 Å². The number of rotatable bonds is 3. The van der Waals surface area contributed by atoms with Crippen LogP contribution in [-0.2, 0) is 9.84 Å². The summed E-state index contributed by atoms with van der Waals surface area (Å²) in [5.74, 6) is -0.420. The van der Waals surface area contributed by atoms with Gasteiger partial charge < -0.3 is 5.11 Å². The van der Waals surface area contributed by atoms with E-state index in [0.29, 0.717) is 5.69 Å². The lowest BCUT2D eigenvalue weighted by Gasteiger charge is -1.98. The number of benzene rings is 1. The molecule has 0 saturated carbocycles. The average Bonchev–Trinajstić information content (AvgIpc) is 3.04. The van der Waals surface area contributed by atoms with E-state index in [-0.39, 0.29) is 27.8 Å². The van der Waals surface area contributed by atoms with Crippen LogP contribution in [0.2, 0.25) is 0 Å². The third kappa shape index (κ3) is 2.28. The number of aromatic amines is 1. The average molecular weight is 343 g/mol. The Morgan fingerprint density at radius 2 is 2.00 bits per heavy atom. The lowest BCUT2D eigenvalue weighted by atomic mass is 10.1. The Morgan fingerprint density at radius 1 is 1.29 bits per heavy atom. The first-order valence-electron chi connectivity index (χ1n) is 7.05. The summed E-state index contributed by atoms with van der Waals surface area (Å²) in [7, 11) is -3.94. The molecule has 0 atom stereocenters. The Balaban J connectivity index is 2.06. The van der Waals surface area contributed by atoms with Crippen molar-refractivity contribution < 1.29 is 13.5 Å². The van der Waals surface area contributed by atoms with Crippen molar-refractivity contribution in [2.45, 2.75) is 24.7 Å². The van der Waals surface area contributed by atoms with Gasteiger partial charge in [-0.1, -0.05) is 26.0 Å². The van der Waals surface area contributed by atoms with Crippen LogP contribution < -0.4 is 0 Å². The molecule has 1 aliphatic heterocycles. The third-order valence-electron chi connectivity index (χ3n) is 3.56. The number of nitriles is 1. The fourth-order valence-electron chi connectivity index (χ4n) is 2.39. The summed E-state index contributed by atoms with van der Waals surface area (Å²) < 4.78 is 24.8. The molecule has 0 unspecified atom stereocenters. The van der Waals surface area contributed by atoms with Crippen molar-refractivity contribution in [1.29, 1.82) is 5.26 Å². The van der Waals surface area contributed by atoms with Crippen LogP contribution in [0.15, 0.2) is 44.4 Å². The van der Waals surface area contributed by atoms with Gasteiger partial charge in [-0.3, -0.25) is 5.10 Å². The number of aromatic nitrogens is 2. The van der Waals surface area contributed by atoms with Gasteiger partial charge in [-0.2, -0.15) is 10.4 Å². The van der Waals surface area contributed by atoms with E-state index in [4.69, 9.17) is 0 Å². The maximum Gasteiger partial charge on any atom is 0.230 e. The molecule has 1 aromatic heterocycles. The minimum absolute atomic E-state index is 0.00747. The SMILES string of the molecule is CC(C)c1n[nH]c(/N=N/C2=C(O)c3ccccc3S2(=O)=O)c1C#N. The molecule has 8 nitrogen and oxygen atoms in total. The number of aliphatic hydroxyl groups excluding tert-OH is 1. The summed E-state index contributed by atoms with van der Waals surface area (Å²) in [4.78, 5) is -0.0237. The van der Waals surface area contributed by atoms with Crippen LogP contribution in [0.1, 0.15) is 36.6 Å². The third-order valence-corrected chi connectivity index (χ3v) is 5.28. The fourth-order valence-corrected chi connectivity index (χ4v) is 3.82. The molecule has 0 amide bonds. The Hall–Kier alpha value is -2.99. The predicted molar refractivity (Wildman–Crippen MR) is 85.1 cm³/mol. The molecule has 9 heteroatoms. The molecule has 24 heavy (non-hydrogen) atoms. The minimum Gasteiger partial charge on any atom is -0.504 e. The second-order valence-corrected chi connectivity index (χ2v) is 7.29. The van der Waals surface area contributed by atoms with Crippen LogP contribution in [0.25, 0.3) is 5.76 Å². The number of fused-ring (bicyclic) bond motifs is 1. The highest BCUT2D eigenvalue weighted by Gasteiger charge is 2.36. The Labute approximate surface area is 138 Å². The number of H-pyrrole nitrogens is 1. The molecule has 2 N–H and O–H groups in total. The number of nitrogens with zero attached hydrogens (tertiary/aromatic N) is 4. The standard InChI is InChI=1S/C15H13N5O3S/c1-8(2)12-10(7-16)14(18-17-12)19-20-15-13(21)9-5-3-4-6-11(9)24(15,22)23/h3-6,8,21H,1-2H3,(H,17,18)/b20-19+. The lowest BCUT2D eigenvalue weighted by Crippen LogP contribution is -1.98. The van der Waals surface area contributed by atoms with Gasteiger partial charge in [0.2, 0.25) is 14.9 Å². The van der Waals surface area contributed by atoms with E-state index in [2.05, 4.69) is 20.4 Å². The number of hydrogen-bond acceptors (Lipinski definition) is 7. The van der Waals surface area contributed by atoms with Gasteiger partial charge in [-0.05, 0) is 18.1 Å². The Kier molecular flexibility index (Phi) is 3.69. The van der Waals surface area contributed by atoms with Crippen molar-refractivity contribution in [1.82, 2.24) is 10.2 Å². The highest BCUT2D eigenvalue weighted by molar-refractivity contribution is 7.95. The van der Waals surface area contributed by atoms with E-state index in [1.54, 1.807) is 12.1 Å². The molecule has 2 heterocycles. The summed E-state index contributed by atoms with van der Waals surface area (Å²) >= 11 is 0. The number of nitrogens with one attached hydrogen (secondary N) is 1. The molecular weight excluding hydrogens is 330 g/mol. The fraction of sp³-hybridized carbons (Fsp3) is 0.200. The van der Waals surface area contributed by atoms with Gasteiger partial charge >= 0.3 is 0 Å². The van der Waals surface area contributed by atoms with Crippen LogP contribution in [0.3, 0.4) is 0 Å². The van der Waals surface area contributed by atoms with E-state index >= 15 is 0 Å². The first-order chi connectivity index (χ1) is 11.4. The van der Waals surface area contributed by atoms with Gasteiger partial charge in [0.1, 0.15) is 11.6 Å². The zero-order valence-electron chi connectivity index (χ0n) is 12.8. The van der Waals surface area contributed by atoms with Crippen molar-refractivity contribution in [2.75, 3.05) is 0 Å². The largest absolute Gasteiger partial charge is 0.504 e. The maximum absolute atomic E-state index is 12.4. The smallest absolute Gasteiger partial charge is 0.230 e. The maximum atomic E-state index is 12.4.